The predicted molar refractivity (Wildman–Crippen MR) is 117 cm³/mol. The normalized spacial score (nSPS) is 17.6. The number of hydrogen-bond donors (Lipinski definition) is 0. The number of anilines is 2. The van der Waals surface area contributed by atoms with Gasteiger partial charge in [0.25, 0.3) is 5.91 Å². The van der Waals surface area contributed by atoms with E-state index in [0.717, 1.165) is 24.2 Å². The van der Waals surface area contributed by atoms with E-state index in [9.17, 15) is 9.59 Å². The molecule has 0 N–H and O–H groups in total. The molecule has 2 aliphatic heterocycles. The molecule has 0 aromatic heterocycles. The number of amides is 2. The molecule has 0 aliphatic carbocycles. The first-order valence-electron chi connectivity index (χ1n) is 10.7. The van der Waals surface area contributed by atoms with Gasteiger partial charge < -0.3 is 19.4 Å². The molecule has 0 spiro atoms. The summed E-state index contributed by atoms with van der Waals surface area (Å²) in [6.45, 7) is 3.82. The van der Waals surface area contributed by atoms with E-state index in [2.05, 4.69) is 0 Å². The van der Waals surface area contributed by atoms with Crippen LogP contribution >= 0.6 is 0 Å². The summed E-state index contributed by atoms with van der Waals surface area (Å²) in [5, 5.41) is 0. The van der Waals surface area contributed by atoms with Gasteiger partial charge in [-0.1, -0.05) is 30.3 Å². The Kier molecular flexibility index (Phi) is 6.33. The Morgan fingerprint density at radius 1 is 0.867 bits per heavy atom. The van der Waals surface area contributed by atoms with Gasteiger partial charge in [0.15, 0.2) is 0 Å². The molecule has 158 valence electrons. The van der Waals surface area contributed by atoms with Gasteiger partial charge in [0.05, 0.1) is 24.5 Å². The molecule has 2 amide bonds. The highest BCUT2D eigenvalue weighted by atomic mass is 16.5. The van der Waals surface area contributed by atoms with Gasteiger partial charge in [0.1, 0.15) is 0 Å². The van der Waals surface area contributed by atoms with Crippen LogP contribution in [0, 0.1) is 5.92 Å². The summed E-state index contributed by atoms with van der Waals surface area (Å²) in [5.41, 5.74) is 2.62. The van der Waals surface area contributed by atoms with Crippen molar-refractivity contribution in [3.05, 3.63) is 60.2 Å². The summed E-state index contributed by atoms with van der Waals surface area (Å²) in [6, 6.07) is 17.8. The zero-order valence-corrected chi connectivity index (χ0v) is 17.5. The Morgan fingerprint density at radius 3 is 2.20 bits per heavy atom. The van der Waals surface area contributed by atoms with Crippen molar-refractivity contribution in [3.63, 3.8) is 0 Å². The average Bonchev–Trinajstić information content (AvgIpc) is 2.84. The van der Waals surface area contributed by atoms with Crippen molar-refractivity contribution in [1.82, 2.24) is 9.80 Å². The Morgan fingerprint density at radius 2 is 1.50 bits per heavy atom. The molecule has 0 unspecified atom stereocenters. The minimum Gasteiger partial charge on any atom is -0.378 e. The van der Waals surface area contributed by atoms with Gasteiger partial charge >= 0.3 is 0 Å². The number of morpholine rings is 1. The summed E-state index contributed by atoms with van der Waals surface area (Å²) in [6.07, 6.45) is 1.44. The van der Waals surface area contributed by atoms with Gasteiger partial charge in [-0.05, 0) is 37.1 Å². The molecule has 2 aromatic rings. The van der Waals surface area contributed by atoms with Gasteiger partial charge in [-0.2, -0.15) is 0 Å². The van der Waals surface area contributed by atoms with Crippen LogP contribution in [0.15, 0.2) is 54.6 Å². The largest absolute Gasteiger partial charge is 0.378 e. The Labute approximate surface area is 178 Å². The van der Waals surface area contributed by atoms with Gasteiger partial charge in [-0.3, -0.25) is 9.59 Å². The predicted octanol–water partition coefficient (Wildman–Crippen LogP) is 3.17. The maximum atomic E-state index is 13.3. The van der Waals surface area contributed by atoms with Crippen LogP contribution in [0.1, 0.15) is 23.2 Å². The highest BCUT2D eigenvalue weighted by Gasteiger charge is 2.31. The summed E-state index contributed by atoms with van der Waals surface area (Å²) in [7, 11) is 1.98. The third kappa shape index (κ3) is 4.33. The minimum atomic E-state index is 0.00869. The summed E-state index contributed by atoms with van der Waals surface area (Å²) in [4.78, 5) is 31.9. The van der Waals surface area contributed by atoms with Crippen molar-refractivity contribution in [2.24, 2.45) is 5.92 Å². The molecular formula is C24H29N3O3. The lowest BCUT2D eigenvalue weighted by atomic mass is 9.94. The molecule has 6 heteroatoms. The number of nitrogens with zero attached hydrogens (tertiary/aromatic N) is 3. The first-order chi connectivity index (χ1) is 14.6. The fourth-order valence-corrected chi connectivity index (χ4v) is 4.28. The molecular weight excluding hydrogens is 378 g/mol. The third-order valence-corrected chi connectivity index (χ3v) is 6.09. The lowest BCUT2D eigenvalue weighted by Gasteiger charge is -2.36. The van der Waals surface area contributed by atoms with Crippen LogP contribution in [0.4, 0.5) is 11.4 Å². The number of piperidine rings is 1. The molecule has 2 aromatic carbocycles. The lowest BCUT2D eigenvalue weighted by molar-refractivity contribution is -0.141. The second-order valence-corrected chi connectivity index (χ2v) is 7.92. The Bertz CT molecular complexity index is 872. The smallest absolute Gasteiger partial charge is 0.255 e. The summed E-state index contributed by atoms with van der Waals surface area (Å²) in [5.74, 6) is 0.259. The second kappa shape index (κ2) is 9.30. The number of carbonyl (C=O) groups excluding carboxylic acids is 2. The number of hydrogen-bond acceptors (Lipinski definition) is 4. The molecule has 30 heavy (non-hydrogen) atoms. The van der Waals surface area contributed by atoms with E-state index in [1.165, 1.54) is 0 Å². The number of carbonyl (C=O) groups is 2. The van der Waals surface area contributed by atoms with Crippen molar-refractivity contribution in [2.45, 2.75) is 12.8 Å². The Hall–Kier alpha value is -2.86. The molecule has 2 fully saturated rings. The van der Waals surface area contributed by atoms with Gasteiger partial charge in [-0.25, -0.2) is 0 Å². The fraction of sp³-hybridized carbons (Fsp3) is 0.417. The van der Waals surface area contributed by atoms with Crippen LogP contribution in [-0.2, 0) is 9.53 Å². The molecule has 6 nitrogen and oxygen atoms in total. The van der Waals surface area contributed by atoms with Crippen LogP contribution in [0.3, 0.4) is 0 Å². The van der Waals surface area contributed by atoms with Crippen LogP contribution in [0.25, 0.3) is 0 Å². The number of rotatable bonds is 4. The van der Waals surface area contributed by atoms with Crippen LogP contribution in [0.5, 0.6) is 0 Å². The first-order valence-corrected chi connectivity index (χ1v) is 10.7. The van der Waals surface area contributed by atoms with E-state index in [4.69, 9.17) is 4.74 Å². The molecule has 2 heterocycles. The zero-order valence-electron chi connectivity index (χ0n) is 17.5. The van der Waals surface area contributed by atoms with Crippen molar-refractivity contribution in [1.29, 1.82) is 0 Å². The number of likely N-dealkylation sites (tertiary alicyclic amines) is 1. The van der Waals surface area contributed by atoms with Gasteiger partial charge in [0, 0.05) is 44.8 Å². The van der Waals surface area contributed by atoms with E-state index in [1.807, 2.05) is 76.3 Å². The SMILES string of the molecule is CN(c1ccccc1)c1ccccc1C(=O)N1CCC(C(=O)N2CCOCC2)CC1. The number of ether oxygens (including phenoxy) is 1. The van der Waals surface area contributed by atoms with Gasteiger partial charge in [-0.15, -0.1) is 0 Å². The Balaban J connectivity index is 1.43. The quantitative estimate of drug-likeness (QED) is 0.781. The average molecular weight is 408 g/mol. The fourth-order valence-electron chi connectivity index (χ4n) is 4.28. The number of para-hydroxylation sites is 2. The van der Waals surface area contributed by atoms with E-state index < -0.39 is 0 Å². The van der Waals surface area contributed by atoms with Gasteiger partial charge in [0.2, 0.25) is 5.91 Å². The summed E-state index contributed by atoms with van der Waals surface area (Å²) >= 11 is 0. The monoisotopic (exact) mass is 407 g/mol. The van der Waals surface area contributed by atoms with Crippen LogP contribution < -0.4 is 4.90 Å². The third-order valence-electron chi connectivity index (χ3n) is 6.09. The molecule has 2 saturated heterocycles. The van der Waals surface area contributed by atoms with E-state index in [0.29, 0.717) is 45.0 Å². The number of benzene rings is 2. The first kappa shape index (κ1) is 20.4. The zero-order chi connectivity index (χ0) is 20.9. The summed E-state index contributed by atoms with van der Waals surface area (Å²) < 4.78 is 5.35. The molecule has 0 radical (unpaired) electrons. The molecule has 0 saturated carbocycles. The van der Waals surface area contributed by atoms with Crippen LogP contribution in [-0.4, -0.2) is 68.1 Å². The highest BCUT2D eigenvalue weighted by molar-refractivity contribution is 6.00. The minimum absolute atomic E-state index is 0.00869. The standard InChI is InChI=1S/C24H29N3O3/c1-25(20-7-3-2-4-8-20)22-10-6-5-9-21(22)24(29)26-13-11-19(12-14-26)23(28)27-15-17-30-18-16-27/h2-10,19H,11-18H2,1H3. The molecule has 0 atom stereocenters. The van der Waals surface area contributed by atoms with Crippen LogP contribution in [0.2, 0.25) is 0 Å². The van der Waals surface area contributed by atoms with Crippen molar-refractivity contribution in [3.8, 4) is 0 Å². The van der Waals surface area contributed by atoms with Crippen molar-refractivity contribution < 1.29 is 14.3 Å². The van der Waals surface area contributed by atoms with E-state index in [1.54, 1.807) is 0 Å². The van der Waals surface area contributed by atoms with Crippen molar-refractivity contribution in [2.75, 3.05) is 51.3 Å². The topological polar surface area (TPSA) is 53.1 Å². The molecule has 0 bridgehead atoms. The van der Waals surface area contributed by atoms with E-state index >= 15 is 0 Å². The van der Waals surface area contributed by atoms with E-state index in [-0.39, 0.29) is 17.7 Å². The van der Waals surface area contributed by atoms with Crippen molar-refractivity contribution >= 4 is 23.2 Å². The lowest BCUT2D eigenvalue weighted by Crippen LogP contribution is -2.47. The maximum Gasteiger partial charge on any atom is 0.255 e. The molecule has 4 rings (SSSR count). The highest BCUT2D eigenvalue weighted by Crippen LogP contribution is 2.29. The molecule has 2 aliphatic rings. The second-order valence-electron chi connectivity index (χ2n) is 7.92. The maximum absolute atomic E-state index is 13.3.